The molecule has 2 rings (SSSR count). The fraction of sp³-hybridized carbons (Fsp3) is 0.250. The number of amides is 1. The summed E-state index contributed by atoms with van der Waals surface area (Å²) in [6.07, 6.45) is 0. The maximum absolute atomic E-state index is 12.2. The second-order valence-electron chi connectivity index (χ2n) is 4.59. The van der Waals surface area contributed by atoms with Crippen LogP contribution in [0.4, 0.5) is 0 Å². The highest BCUT2D eigenvalue weighted by Crippen LogP contribution is 2.13. The van der Waals surface area contributed by atoms with Gasteiger partial charge in [0.15, 0.2) is 0 Å². The molecule has 1 aromatic heterocycles. The standard InChI is InChI=1S/C16H16N2O2S/c1-11-6-13(4-3-5-19)8-14(7-11)16(20)17-9-15-12(2)18-10-21-15/h6-8,10,19H,5,9H2,1-2H3,(H,17,20). The van der Waals surface area contributed by atoms with Gasteiger partial charge in [-0.1, -0.05) is 11.8 Å². The Bertz CT molecular complexity index is 711. The molecule has 108 valence electrons. The summed E-state index contributed by atoms with van der Waals surface area (Å²) in [5, 5.41) is 11.6. The van der Waals surface area contributed by atoms with Gasteiger partial charge in [0.1, 0.15) is 6.61 Å². The molecule has 1 aromatic carbocycles. The molecule has 0 atom stereocenters. The zero-order valence-electron chi connectivity index (χ0n) is 11.9. The van der Waals surface area contributed by atoms with E-state index >= 15 is 0 Å². The molecule has 0 aliphatic carbocycles. The lowest BCUT2D eigenvalue weighted by Gasteiger charge is -2.06. The summed E-state index contributed by atoms with van der Waals surface area (Å²) in [6, 6.07) is 5.43. The van der Waals surface area contributed by atoms with Gasteiger partial charge in [-0.3, -0.25) is 4.79 Å². The van der Waals surface area contributed by atoms with Gasteiger partial charge in [0.25, 0.3) is 5.91 Å². The van der Waals surface area contributed by atoms with Crippen LogP contribution in [0.25, 0.3) is 0 Å². The molecule has 0 aliphatic heterocycles. The lowest BCUT2D eigenvalue weighted by molar-refractivity contribution is 0.0951. The van der Waals surface area contributed by atoms with Gasteiger partial charge in [-0.25, -0.2) is 4.98 Å². The third kappa shape index (κ3) is 4.15. The summed E-state index contributed by atoms with van der Waals surface area (Å²) in [6.45, 7) is 4.11. The van der Waals surface area contributed by atoms with Gasteiger partial charge in [-0.15, -0.1) is 11.3 Å². The smallest absolute Gasteiger partial charge is 0.251 e. The zero-order valence-corrected chi connectivity index (χ0v) is 12.8. The molecule has 0 bridgehead atoms. The first-order valence-electron chi connectivity index (χ1n) is 6.48. The van der Waals surface area contributed by atoms with E-state index in [0.717, 1.165) is 21.7 Å². The summed E-state index contributed by atoms with van der Waals surface area (Å²) in [5.41, 5.74) is 4.96. The lowest BCUT2D eigenvalue weighted by Crippen LogP contribution is -2.22. The molecule has 2 N–H and O–H groups in total. The minimum absolute atomic E-state index is 0.140. The monoisotopic (exact) mass is 300 g/mol. The van der Waals surface area contributed by atoms with Gasteiger partial charge in [-0.05, 0) is 37.6 Å². The zero-order chi connectivity index (χ0) is 15.2. The Hall–Kier alpha value is -2.16. The SMILES string of the molecule is Cc1cc(C#CCO)cc(C(=O)NCc2scnc2C)c1. The third-order valence-electron chi connectivity index (χ3n) is 2.91. The molecule has 0 aliphatic rings. The van der Waals surface area contributed by atoms with Crippen molar-refractivity contribution in [2.45, 2.75) is 20.4 Å². The average Bonchev–Trinajstić information content (AvgIpc) is 2.87. The molecule has 21 heavy (non-hydrogen) atoms. The third-order valence-corrected chi connectivity index (χ3v) is 3.84. The molecule has 2 aromatic rings. The largest absolute Gasteiger partial charge is 0.384 e. The molecule has 0 fully saturated rings. The summed E-state index contributed by atoms with van der Waals surface area (Å²) >= 11 is 1.53. The Morgan fingerprint density at radius 2 is 2.19 bits per heavy atom. The second-order valence-corrected chi connectivity index (χ2v) is 5.53. The minimum atomic E-state index is -0.194. The van der Waals surface area contributed by atoms with E-state index in [1.807, 2.05) is 26.0 Å². The second kappa shape index (κ2) is 7.02. The summed E-state index contributed by atoms with van der Waals surface area (Å²) < 4.78 is 0. The number of nitrogens with zero attached hydrogens (tertiary/aromatic N) is 1. The number of aromatic nitrogens is 1. The number of carbonyl (C=O) groups excluding carboxylic acids is 1. The van der Waals surface area contributed by atoms with Crippen molar-refractivity contribution in [3.05, 3.63) is 51.0 Å². The number of aryl methyl sites for hydroxylation is 2. The lowest BCUT2D eigenvalue weighted by atomic mass is 10.1. The molecule has 1 amide bonds. The minimum Gasteiger partial charge on any atom is -0.384 e. The van der Waals surface area contributed by atoms with Crippen LogP contribution < -0.4 is 5.32 Å². The van der Waals surface area contributed by atoms with Crippen LogP contribution in [0, 0.1) is 25.7 Å². The molecule has 0 spiro atoms. The Balaban J connectivity index is 2.11. The van der Waals surface area contributed by atoms with Crippen molar-refractivity contribution in [1.29, 1.82) is 0 Å². The Morgan fingerprint density at radius 1 is 1.38 bits per heavy atom. The number of hydrogen-bond acceptors (Lipinski definition) is 4. The predicted molar refractivity (Wildman–Crippen MR) is 83.2 cm³/mol. The van der Waals surface area contributed by atoms with Crippen molar-refractivity contribution in [2.24, 2.45) is 0 Å². The number of rotatable bonds is 3. The number of nitrogens with one attached hydrogen (secondary N) is 1. The normalized spacial score (nSPS) is 9.86. The van der Waals surface area contributed by atoms with E-state index in [1.54, 1.807) is 11.6 Å². The van der Waals surface area contributed by atoms with Crippen molar-refractivity contribution in [3.8, 4) is 11.8 Å². The summed E-state index contributed by atoms with van der Waals surface area (Å²) in [7, 11) is 0. The van der Waals surface area contributed by atoms with Crippen molar-refractivity contribution in [1.82, 2.24) is 10.3 Å². The molecule has 0 unspecified atom stereocenters. The fourth-order valence-corrected chi connectivity index (χ4v) is 2.60. The number of hydrogen-bond donors (Lipinski definition) is 2. The van der Waals surface area contributed by atoms with Gasteiger partial charge in [-0.2, -0.15) is 0 Å². The highest BCUT2D eigenvalue weighted by molar-refractivity contribution is 7.09. The van der Waals surface area contributed by atoms with E-state index in [4.69, 9.17) is 5.11 Å². The maximum atomic E-state index is 12.2. The first-order valence-corrected chi connectivity index (χ1v) is 7.36. The quantitative estimate of drug-likeness (QED) is 0.853. The predicted octanol–water partition coefficient (Wildman–Crippen LogP) is 2.03. The van der Waals surface area contributed by atoms with Crippen molar-refractivity contribution in [2.75, 3.05) is 6.61 Å². The molecule has 0 radical (unpaired) electrons. The van der Waals surface area contributed by atoms with E-state index < -0.39 is 0 Å². The number of carbonyl (C=O) groups is 1. The summed E-state index contributed by atoms with van der Waals surface area (Å²) in [5.74, 6) is 5.27. The first-order chi connectivity index (χ1) is 10.1. The highest BCUT2D eigenvalue weighted by atomic mass is 32.1. The van der Waals surface area contributed by atoms with Gasteiger partial charge in [0.2, 0.25) is 0 Å². The molecular formula is C16H16N2O2S. The van der Waals surface area contributed by atoms with Crippen LogP contribution >= 0.6 is 11.3 Å². The van der Waals surface area contributed by atoms with Crippen molar-refractivity contribution < 1.29 is 9.90 Å². The molecule has 5 heteroatoms. The first kappa shape index (κ1) is 15.2. The highest BCUT2D eigenvalue weighted by Gasteiger charge is 2.08. The molecule has 4 nitrogen and oxygen atoms in total. The van der Waals surface area contributed by atoms with E-state index in [2.05, 4.69) is 22.1 Å². The van der Waals surface area contributed by atoms with E-state index in [0.29, 0.717) is 12.1 Å². The molecule has 0 saturated carbocycles. The van der Waals surface area contributed by atoms with Crippen LogP contribution in [-0.4, -0.2) is 22.6 Å². The number of aliphatic hydroxyl groups excluding tert-OH is 1. The Morgan fingerprint density at radius 3 is 2.86 bits per heavy atom. The summed E-state index contributed by atoms with van der Waals surface area (Å²) in [4.78, 5) is 17.4. The molecular weight excluding hydrogens is 284 g/mol. The Kier molecular flexibility index (Phi) is 5.09. The van der Waals surface area contributed by atoms with Gasteiger partial charge in [0.05, 0.1) is 17.7 Å². The van der Waals surface area contributed by atoms with Gasteiger partial charge in [0, 0.05) is 16.0 Å². The van der Waals surface area contributed by atoms with Gasteiger partial charge >= 0.3 is 0 Å². The molecule has 1 heterocycles. The number of aliphatic hydroxyl groups is 1. The molecule has 0 saturated heterocycles. The van der Waals surface area contributed by atoms with E-state index in [-0.39, 0.29) is 12.5 Å². The van der Waals surface area contributed by atoms with Crippen LogP contribution in [0.1, 0.15) is 32.1 Å². The average molecular weight is 300 g/mol. The van der Waals surface area contributed by atoms with E-state index in [9.17, 15) is 4.79 Å². The topological polar surface area (TPSA) is 62.2 Å². The van der Waals surface area contributed by atoms with Gasteiger partial charge < -0.3 is 10.4 Å². The van der Waals surface area contributed by atoms with E-state index in [1.165, 1.54) is 11.3 Å². The maximum Gasteiger partial charge on any atom is 0.251 e. The van der Waals surface area contributed by atoms with Crippen molar-refractivity contribution >= 4 is 17.2 Å². The van der Waals surface area contributed by atoms with Crippen LogP contribution in [0.15, 0.2) is 23.7 Å². The van der Waals surface area contributed by atoms with Crippen LogP contribution in [-0.2, 0) is 6.54 Å². The number of benzene rings is 1. The fourth-order valence-electron chi connectivity index (χ4n) is 1.89. The Labute approximate surface area is 127 Å². The van der Waals surface area contributed by atoms with Crippen LogP contribution in [0.3, 0.4) is 0 Å². The van der Waals surface area contributed by atoms with Crippen LogP contribution in [0.5, 0.6) is 0 Å². The van der Waals surface area contributed by atoms with Crippen LogP contribution in [0.2, 0.25) is 0 Å². The number of thiazole rings is 1. The van der Waals surface area contributed by atoms with Crippen molar-refractivity contribution in [3.63, 3.8) is 0 Å².